The van der Waals surface area contributed by atoms with Crippen LogP contribution in [0.3, 0.4) is 0 Å². The molecule has 2 atom stereocenters. The number of halogens is 3. The van der Waals surface area contributed by atoms with Gasteiger partial charge in [0.25, 0.3) is 0 Å². The summed E-state index contributed by atoms with van der Waals surface area (Å²) in [6.07, 6.45) is -2.33. The summed E-state index contributed by atoms with van der Waals surface area (Å²) in [6.45, 7) is 4.63. The van der Waals surface area contributed by atoms with E-state index in [1.54, 1.807) is 11.0 Å². The molecule has 0 bridgehead atoms. The summed E-state index contributed by atoms with van der Waals surface area (Å²) < 4.78 is 44.2. The minimum absolute atomic E-state index is 0.0495. The first kappa shape index (κ1) is 18.8. The SMILES string of the molecule is C[C@@H](NC(=O)N1CCN(c2cccc(C(F)(F)F)c2)CC1)[C@@H]1CCCO1. The zero-order valence-electron chi connectivity index (χ0n) is 14.8. The number of rotatable bonds is 3. The van der Waals surface area contributed by atoms with Gasteiger partial charge >= 0.3 is 12.2 Å². The summed E-state index contributed by atoms with van der Waals surface area (Å²) in [5, 5.41) is 2.97. The highest BCUT2D eigenvalue weighted by molar-refractivity contribution is 5.75. The third-order valence-electron chi connectivity index (χ3n) is 4.98. The summed E-state index contributed by atoms with van der Waals surface area (Å²) >= 11 is 0. The second-order valence-electron chi connectivity index (χ2n) is 6.81. The molecule has 26 heavy (non-hydrogen) atoms. The van der Waals surface area contributed by atoms with Gasteiger partial charge in [-0.1, -0.05) is 6.07 Å². The van der Waals surface area contributed by atoms with Crippen LogP contribution < -0.4 is 10.2 Å². The lowest BCUT2D eigenvalue weighted by Crippen LogP contribution is -2.54. The van der Waals surface area contributed by atoms with Crippen molar-refractivity contribution in [2.45, 2.75) is 38.1 Å². The Balaban J connectivity index is 1.53. The molecule has 1 aromatic carbocycles. The first-order valence-corrected chi connectivity index (χ1v) is 8.94. The van der Waals surface area contributed by atoms with Crippen LogP contribution in [0.25, 0.3) is 0 Å². The monoisotopic (exact) mass is 371 g/mol. The number of carbonyl (C=O) groups is 1. The lowest BCUT2D eigenvalue weighted by atomic mass is 10.1. The van der Waals surface area contributed by atoms with E-state index in [9.17, 15) is 18.0 Å². The maximum Gasteiger partial charge on any atom is 0.416 e. The van der Waals surface area contributed by atoms with Gasteiger partial charge in [-0.3, -0.25) is 0 Å². The summed E-state index contributed by atoms with van der Waals surface area (Å²) in [4.78, 5) is 16.0. The van der Waals surface area contributed by atoms with Crippen molar-refractivity contribution in [1.29, 1.82) is 0 Å². The number of benzene rings is 1. The molecule has 2 aliphatic rings. The highest BCUT2D eigenvalue weighted by Crippen LogP contribution is 2.31. The zero-order valence-corrected chi connectivity index (χ0v) is 14.8. The first-order valence-electron chi connectivity index (χ1n) is 8.94. The highest BCUT2D eigenvalue weighted by atomic mass is 19.4. The van der Waals surface area contributed by atoms with E-state index >= 15 is 0 Å². The quantitative estimate of drug-likeness (QED) is 0.888. The van der Waals surface area contributed by atoms with Crippen molar-refractivity contribution in [1.82, 2.24) is 10.2 Å². The third kappa shape index (κ3) is 4.41. The number of amides is 2. The van der Waals surface area contributed by atoms with Crippen LogP contribution in [-0.2, 0) is 10.9 Å². The van der Waals surface area contributed by atoms with Crippen molar-refractivity contribution < 1.29 is 22.7 Å². The molecule has 2 fully saturated rings. The van der Waals surface area contributed by atoms with Crippen LogP contribution in [0.2, 0.25) is 0 Å². The molecule has 0 saturated carbocycles. The van der Waals surface area contributed by atoms with Crippen LogP contribution in [0, 0.1) is 0 Å². The van der Waals surface area contributed by atoms with E-state index in [2.05, 4.69) is 5.32 Å². The smallest absolute Gasteiger partial charge is 0.376 e. The van der Waals surface area contributed by atoms with E-state index in [1.807, 2.05) is 11.8 Å². The maximum absolute atomic E-state index is 12.9. The van der Waals surface area contributed by atoms with Crippen LogP contribution in [0.4, 0.5) is 23.7 Å². The van der Waals surface area contributed by atoms with Gasteiger partial charge in [-0.15, -0.1) is 0 Å². The Labute approximate surface area is 151 Å². The normalized spacial score (nSPS) is 22.4. The number of nitrogens with zero attached hydrogens (tertiary/aromatic N) is 2. The first-order chi connectivity index (χ1) is 12.3. The molecular weight excluding hydrogens is 347 g/mol. The van der Waals surface area contributed by atoms with Crippen LogP contribution in [-0.4, -0.2) is 55.9 Å². The fourth-order valence-corrected chi connectivity index (χ4v) is 3.42. The minimum atomic E-state index is -4.35. The van der Waals surface area contributed by atoms with Crippen LogP contribution in [0.1, 0.15) is 25.3 Å². The largest absolute Gasteiger partial charge is 0.416 e. The van der Waals surface area contributed by atoms with E-state index in [4.69, 9.17) is 4.74 Å². The van der Waals surface area contributed by atoms with Gasteiger partial charge in [0, 0.05) is 38.5 Å². The molecule has 0 aromatic heterocycles. The molecule has 1 N–H and O–H groups in total. The second-order valence-corrected chi connectivity index (χ2v) is 6.81. The average molecular weight is 371 g/mol. The number of alkyl halides is 3. The number of piperazine rings is 1. The molecule has 1 aromatic rings. The summed E-state index contributed by atoms with van der Waals surface area (Å²) in [5.41, 5.74) is -0.117. The van der Waals surface area contributed by atoms with Gasteiger partial charge in [0.05, 0.1) is 17.7 Å². The molecule has 3 rings (SSSR count). The van der Waals surface area contributed by atoms with Crippen LogP contribution in [0.15, 0.2) is 24.3 Å². The fourth-order valence-electron chi connectivity index (χ4n) is 3.42. The molecule has 2 aliphatic heterocycles. The van der Waals surface area contributed by atoms with E-state index in [0.29, 0.717) is 31.9 Å². The summed E-state index contributed by atoms with van der Waals surface area (Å²) in [5.74, 6) is 0. The molecule has 0 unspecified atom stereocenters. The van der Waals surface area contributed by atoms with Crippen molar-refractivity contribution in [2.24, 2.45) is 0 Å². The molecule has 0 radical (unpaired) electrons. The van der Waals surface area contributed by atoms with Crippen molar-refractivity contribution in [3.8, 4) is 0 Å². The van der Waals surface area contributed by atoms with E-state index < -0.39 is 11.7 Å². The Morgan fingerprint density at radius 3 is 2.62 bits per heavy atom. The number of ether oxygens (including phenoxy) is 1. The van der Waals surface area contributed by atoms with Gasteiger partial charge in [-0.25, -0.2) is 4.79 Å². The summed E-state index contributed by atoms with van der Waals surface area (Å²) in [6, 6.07) is 5.13. The second kappa shape index (κ2) is 7.73. The molecule has 0 spiro atoms. The van der Waals surface area contributed by atoms with Crippen molar-refractivity contribution in [3.63, 3.8) is 0 Å². The predicted octanol–water partition coefficient (Wildman–Crippen LogP) is 3.10. The Bertz CT molecular complexity index is 624. The van der Waals surface area contributed by atoms with Gasteiger partial charge in [-0.2, -0.15) is 13.2 Å². The Kier molecular flexibility index (Phi) is 5.60. The summed E-state index contributed by atoms with van der Waals surface area (Å²) in [7, 11) is 0. The fraction of sp³-hybridized carbons (Fsp3) is 0.611. The number of hydrogen-bond donors (Lipinski definition) is 1. The predicted molar refractivity (Wildman–Crippen MR) is 92.2 cm³/mol. The van der Waals surface area contributed by atoms with E-state index in [-0.39, 0.29) is 18.2 Å². The van der Waals surface area contributed by atoms with E-state index in [0.717, 1.165) is 31.6 Å². The average Bonchev–Trinajstić information content (AvgIpc) is 3.16. The Morgan fingerprint density at radius 2 is 2.00 bits per heavy atom. The number of anilines is 1. The van der Waals surface area contributed by atoms with Crippen molar-refractivity contribution in [3.05, 3.63) is 29.8 Å². The maximum atomic E-state index is 12.9. The lowest BCUT2D eigenvalue weighted by molar-refractivity contribution is -0.137. The molecule has 144 valence electrons. The zero-order chi connectivity index (χ0) is 18.7. The molecule has 2 heterocycles. The van der Waals surface area contributed by atoms with Crippen molar-refractivity contribution >= 4 is 11.7 Å². The minimum Gasteiger partial charge on any atom is -0.376 e. The number of nitrogens with one attached hydrogen (secondary N) is 1. The Morgan fingerprint density at radius 1 is 1.27 bits per heavy atom. The molecular formula is C18H24F3N3O2. The van der Waals surface area contributed by atoms with Gasteiger partial charge < -0.3 is 19.9 Å². The van der Waals surface area contributed by atoms with Gasteiger partial charge in [0.2, 0.25) is 0 Å². The van der Waals surface area contributed by atoms with E-state index in [1.165, 1.54) is 6.07 Å². The standard InChI is InChI=1S/C18H24F3N3O2/c1-13(16-6-3-11-26-16)22-17(25)24-9-7-23(8-10-24)15-5-2-4-14(12-15)18(19,20)21/h2,4-5,12-13,16H,3,6-11H2,1H3,(H,22,25)/t13-,16+/m1/s1. The van der Waals surface area contributed by atoms with Crippen LogP contribution in [0.5, 0.6) is 0 Å². The van der Waals surface area contributed by atoms with Gasteiger partial charge in [-0.05, 0) is 38.0 Å². The molecule has 2 saturated heterocycles. The third-order valence-corrected chi connectivity index (χ3v) is 4.98. The number of urea groups is 1. The van der Waals surface area contributed by atoms with Crippen LogP contribution >= 0.6 is 0 Å². The molecule has 5 nitrogen and oxygen atoms in total. The highest BCUT2D eigenvalue weighted by Gasteiger charge is 2.31. The molecule has 0 aliphatic carbocycles. The molecule has 8 heteroatoms. The lowest BCUT2D eigenvalue weighted by Gasteiger charge is -2.37. The topological polar surface area (TPSA) is 44.8 Å². The van der Waals surface area contributed by atoms with Crippen molar-refractivity contribution in [2.75, 3.05) is 37.7 Å². The number of hydrogen-bond acceptors (Lipinski definition) is 3. The Hall–Kier alpha value is -1.96. The molecule has 2 amide bonds. The number of carbonyl (C=O) groups excluding carboxylic acids is 1. The van der Waals surface area contributed by atoms with Gasteiger partial charge in [0.1, 0.15) is 0 Å². The van der Waals surface area contributed by atoms with Gasteiger partial charge in [0.15, 0.2) is 0 Å².